The standard InChI is InChI=1S/C27H40N2O3/c1-2-3-4-8-23(30)10-11-24-25-17-21(16-22(25)18-26(24)31)7-5-6-9-27(32)29-19-20-12-14-28-15-13-20/h10-16,22-26,30-31H,2-9,17-19H2,1H3,(H,29,32)/b11-10+/t22-,23+,24+,25-,26+/m0/s1. The highest BCUT2D eigenvalue weighted by Gasteiger charge is 2.43. The highest BCUT2D eigenvalue weighted by Crippen LogP contribution is 2.48. The molecule has 5 nitrogen and oxygen atoms in total. The van der Waals surface area contributed by atoms with Gasteiger partial charge in [0.2, 0.25) is 5.91 Å². The summed E-state index contributed by atoms with van der Waals surface area (Å²) in [6, 6.07) is 3.83. The van der Waals surface area contributed by atoms with Crippen LogP contribution in [0.1, 0.15) is 76.7 Å². The van der Waals surface area contributed by atoms with Crippen molar-refractivity contribution in [3.8, 4) is 0 Å². The van der Waals surface area contributed by atoms with Crippen LogP contribution in [-0.4, -0.2) is 33.3 Å². The van der Waals surface area contributed by atoms with Gasteiger partial charge in [-0.25, -0.2) is 0 Å². The number of hydrogen-bond donors (Lipinski definition) is 3. The quantitative estimate of drug-likeness (QED) is 0.307. The van der Waals surface area contributed by atoms with Crippen molar-refractivity contribution in [3.05, 3.63) is 53.9 Å². The van der Waals surface area contributed by atoms with Gasteiger partial charge in [0.15, 0.2) is 0 Å². The lowest BCUT2D eigenvalue weighted by Gasteiger charge is -2.19. The maximum Gasteiger partial charge on any atom is 0.220 e. The molecule has 1 aromatic heterocycles. The van der Waals surface area contributed by atoms with Crippen molar-refractivity contribution in [1.82, 2.24) is 10.3 Å². The van der Waals surface area contributed by atoms with Crippen molar-refractivity contribution < 1.29 is 15.0 Å². The largest absolute Gasteiger partial charge is 0.392 e. The zero-order valence-corrected chi connectivity index (χ0v) is 19.5. The summed E-state index contributed by atoms with van der Waals surface area (Å²) in [4.78, 5) is 16.0. The Morgan fingerprint density at radius 3 is 2.84 bits per heavy atom. The van der Waals surface area contributed by atoms with Gasteiger partial charge in [0.25, 0.3) is 0 Å². The van der Waals surface area contributed by atoms with Gasteiger partial charge in [0.05, 0.1) is 12.2 Å². The molecule has 0 unspecified atom stereocenters. The van der Waals surface area contributed by atoms with Crippen LogP contribution in [0.4, 0.5) is 0 Å². The Kier molecular flexibility index (Phi) is 9.94. The molecule has 2 aliphatic rings. The van der Waals surface area contributed by atoms with E-state index >= 15 is 0 Å². The Labute approximate surface area is 193 Å². The Morgan fingerprint density at radius 2 is 2.06 bits per heavy atom. The molecular formula is C27H40N2O3. The molecule has 0 aromatic carbocycles. The van der Waals surface area contributed by atoms with Crippen LogP contribution in [0.25, 0.3) is 0 Å². The smallest absolute Gasteiger partial charge is 0.220 e. The summed E-state index contributed by atoms with van der Waals surface area (Å²) in [7, 11) is 0. The summed E-state index contributed by atoms with van der Waals surface area (Å²) in [5, 5.41) is 23.7. The monoisotopic (exact) mass is 440 g/mol. The summed E-state index contributed by atoms with van der Waals surface area (Å²) in [6.07, 6.45) is 18.7. The SMILES string of the molecule is CCCCC[C@@H](O)/C=C/[C@@H]1[C@H]2CC(CCCCC(=O)NCc3ccncc3)=C[C@H]2C[C@H]1O. The molecule has 1 aromatic rings. The Morgan fingerprint density at radius 1 is 1.25 bits per heavy atom. The number of amides is 1. The molecule has 3 rings (SSSR count). The molecule has 1 heterocycles. The van der Waals surface area contributed by atoms with Gasteiger partial charge in [-0.2, -0.15) is 0 Å². The third-order valence-corrected chi connectivity index (χ3v) is 7.00. The van der Waals surface area contributed by atoms with Crippen LogP contribution >= 0.6 is 0 Å². The van der Waals surface area contributed by atoms with Crippen LogP contribution in [0.3, 0.4) is 0 Å². The number of rotatable bonds is 13. The predicted molar refractivity (Wildman–Crippen MR) is 128 cm³/mol. The van der Waals surface area contributed by atoms with E-state index in [0.29, 0.717) is 24.8 Å². The fraction of sp³-hybridized carbons (Fsp3) is 0.630. The second-order valence-corrected chi connectivity index (χ2v) is 9.52. The normalized spacial score (nSPS) is 25.7. The third kappa shape index (κ3) is 7.56. The van der Waals surface area contributed by atoms with E-state index in [-0.39, 0.29) is 17.9 Å². The Balaban J connectivity index is 1.34. The number of unbranched alkanes of at least 4 members (excludes halogenated alkanes) is 3. The fourth-order valence-corrected chi connectivity index (χ4v) is 5.17. The van der Waals surface area contributed by atoms with Crippen LogP contribution in [0.2, 0.25) is 0 Å². The van der Waals surface area contributed by atoms with Crippen molar-refractivity contribution in [2.75, 3.05) is 0 Å². The summed E-state index contributed by atoms with van der Waals surface area (Å²) in [5.41, 5.74) is 2.54. The third-order valence-electron chi connectivity index (χ3n) is 7.00. The molecule has 0 radical (unpaired) electrons. The van der Waals surface area contributed by atoms with Crippen LogP contribution in [0.15, 0.2) is 48.3 Å². The predicted octanol–water partition coefficient (Wildman–Crippen LogP) is 4.70. The molecule has 3 N–H and O–H groups in total. The number of aliphatic hydroxyl groups excluding tert-OH is 2. The first-order valence-electron chi connectivity index (χ1n) is 12.5. The number of carbonyl (C=O) groups excluding carboxylic acids is 1. The minimum absolute atomic E-state index is 0.102. The Bertz CT molecular complexity index is 761. The zero-order chi connectivity index (χ0) is 22.8. The van der Waals surface area contributed by atoms with E-state index in [2.05, 4.69) is 29.4 Å². The van der Waals surface area contributed by atoms with Crippen LogP contribution < -0.4 is 5.32 Å². The van der Waals surface area contributed by atoms with Crippen LogP contribution in [0.5, 0.6) is 0 Å². The average Bonchev–Trinajstić information content (AvgIpc) is 3.31. The van der Waals surface area contributed by atoms with Gasteiger partial charge >= 0.3 is 0 Å². The van der Waals surface area contributed by atoms with Gasteiger partial charge in [-0.1, -0.05) is 50.0 Å². The van der Waals surface area contributed by atoms with E-state index < -0.39 is 6.10 Å². The van der Waals surface area contributed by atoms with E-state index in [0.717, 1.165) is 63.4 Å². The fourth-order valence-electron chi connectivity index (χ4n) is 5.17. The molecule has 2 aliphatic carbocycles. The van der Waals surface area contributed by atoms with Crippen molar-refractivity contribution in [2.45, 2.75) is 89.9 Å². The number of nitrogens with one attached hydrogen (secondary N) is 1. The van der Waals surface area contributed by atoms with Crippen LogP contribution in [0, 0.1) is 17.8 Å². The topological polar surface area (TPSA) is 82.5 Å². The molecule has 0 saturated heterocycles. The molecule has 1 amide bonds. The highest BCUT2D eigenvalue weighted by molar-refractivity contribution is 5.75. The van der Waals surface area contributed by atoms with Gasteiger partial charge in [-0.05, 0) is 68.1 Å². The molecule has 32 heavy (non-hydrogen) atoms. The van der Waals surface area contributed by atoms with Crippen molar-refractivity contribution >= 4 is 5.91 Å². The van der Waals surface area contributed by atoms with Gasteiger partial charge in [-0.15, -0.1) is 0 Å². The molecule has 0 spiro atoms. The molecule has 0 bridgehead atoms. The lowest BCUT2D eigenvalue weighted by Crippen LogP contribution is -2.22. The van der Waals surface area contributed by atoms with E-state index in [1.165, 1.54) is 5.57 Å². The number of allylic oxidation sites excluding steroid dienone is 2. The summed E-state index contributed by atoms with van der Waals surface area (Å²) in [6.45, 7) is 2.72. The summed E-state index contributed by atoms with van der Waals surface area (Å²) < 4.78 is 0. The number of pyridine rings is 1. The highest BCUT2D eigenvalue weighted by atomic mass is 16.3. The van der Waals surface area contributed by atoms with Gasteiger partial charge < -0.3 is 15.5 Å². The average molecular weight is 441 g/mol. The van der Waals surface area contributed by atoms with Gasteiger partial charge in [0, 0.05) is 31.3 Å². The molecular weight excluding hydrogens is 400 g/mol. The maximum absolute atomic E-state index is 12.1. The van der Waals surface area contributed by atoms with E-state index in [1.807, 2.05) is 18.2 Å². The summed E-state index contributed by atoms with van der Waals surface area (Å²) >= 11 is 0. The first-order valence-corrected chi connectivity index (χ1v) is 12.5. The number of aliphatic hydroxyl groups is 2. The van der Waals surface area contributed by atoms with E-state index in [4.69, 9.17) is 0 Å². The molecule has 5 heteroatoms. The number of carbonyl (C=O) groups is 1. The maximum atomic E-state index is 12.1. The van der Waals surface area contributed by atoms with Crippen LogP contribution in [-0.2, 0) is 11.3 Å². The second-order valence-electron chi connectivity index (χ2n) is 9.52. The number of hydrogen-bond acceptors (Lipinski definition) is 4. The minimum atomic E-state index is -0.397. The van der Waals surface area contributed by atoms with Crippen molar-refractivity contribution in [3.63, 3.8) is 0 Å². The summed E-state index contributed by atoms with van der Waals surface area (Å²) in [5.74, 6) is 1.16. The lowest BCUT2D eigenvalue weighted by molar-refractivity contribution is -0.121. The molecule has 1 fully saturated rings. The number of aromatic nitrogens is 1. The van der Waals surface area contributed by atoms with Crippen molar-refractivity contribution in [1.29, 1.82) is 0 Å². The van der Waals surface area contributed by atoms with Crippen molar-refractivity contribution in [2.24, 2.45) is 17.8 Å². The van der Waals surface area contributed by atoms with Gasteiger partial charge in [-0.3, -0.25) is 9.78 Å². The first kappa shape index (κ1) is 24.7. The number of fused-ring (bicyclic) bond motifs is 1. The number of nitrogens with zero attached hydrogens (tertiary/aromatic N) is 1. The second kappa shape index (κ2) is 12.9. The van der Waals surface area contributed by atoms with E-state index in [1.54, 1.807) is 12.4 Å². The minimum Gasteiger partial charge on any atom is -0.392 e. The van der Waals surface area contributed by atoms with E-state index in [9.17, 15) is 15.0 Å². The molecule has 5 atom stereocenters. The lowest BCUT2D eigenvalue weighted by atomic mass is 9.88. The Hall–Kier alpha value is -1.98. The van der Waals surface area contributed by atoms with Gasteiger partial charge in [0.1, 0.15) is 0 Å². The first-order chi connectivity index (χ1) is 15.6. The zero-order valence-electron chi connectivity index (χ0n) is 19.5. The molecule has 176 valence electrons. The molecule has 1 saturated carbocycles. The molecule has 0 aliphatic heterocycles.